The van der Waals surface area contributed by atoms with Crippen molar-refractivity contribution >= 4 is 23.2 Å². The van der Waals surface area contributed by atoms with Gasteiger partial charge in [-0.3, -0.25) is 9.69 Å². The highest BCUT2D eigenvalue weighted by Crippen LogP contribution is 2.46. The molecule has 4 aromatic rings. The number of anilines is 1. The fourth-order valence-corrected chi connectivity index (χ4v) is 4.93. The Morgan fingerprint density at radius 1 is 1.18 bits per heavy atom. The maximum Gasteiger partial charge on any atom is 0.279 e. The molecular formula is C28H20ClFN6O2. The van der Waals surface area contributed by atoms with Crippen molar-refractivity contribution in [3.05, 3.63) is 93.6 Å². The Morgan fingerprint density at radius 3 is 2.58 bits per heavy atom. The number of rotatable bonds is 5. The molecule has 10 heteroatoms. The summed E-state index contributed by atoms with van der Waals surface area (Å²) in [6, 6.07) is 15.8. The standard InChI is InChI=1S/C28H20ClFN6O2/c1-15(2)35-25-23(34-26(35)19-12-17(10-11-31)14-33-27(19)37)28(38)36(21-5-3-4-20(29)22(21)30)24(25)18-8-6-16(13-32)7-9-18/h3-9,12,14-15,24H,10H2,1-2H3,(H,33,37). The Hall–Kier alpha value is -4.73. The van der Waals surface area contributed by atoms with E-state index < -0.39 is 17.8 Å². The smallest absolute Gasteiger partial charge is 0.279 e. The number of hydrogen-bond donors (Lipinski definition) is 1. The maximum atomic E-state index is 15.3. The molecule has 38 heavy (non-hydrogen) atoms. The number of fused-ring (bicyclic) bond motifs is 1. The first-order chi connectivity index (χ1) is 18.3. The van der Waals surface area contributed by atoms with Crippen molar-refractivity contribution in [1.82, 2.24) is 14.5 Å². The van der Waals surface area contributed by atoms with E-state index in [1.165, 1.54) is 23.2 Å². The van der Waals surface area contributed by atoms with Crippen molar-refractivity contribution in [2.75, 3.05) is 4.90 Å². The highest BCUT2D eigenvalue weighted by molar-refractivity contribution is 6.31. The molecule has 0 bridgehead atoms. The van der Waals surface area contributed by atoms with Gasteiger partial charge in [0.1, 0.15) is 11.9 Å². The number of carbonyl (C=O) groups excluding carboxylic acids is 1. The van der Waals surface area contributed by atoms with Gasteiger partial charge in [-0.2, -0.15) is 10.5 Å². The summed E-state index contributed by atoms with van der Waals surface area (Å²) in [4.78, 5) is 23.9. The van der Waals surface area contributed by atoms with Crippen molar-refractivity contribution in [2.45, 2.75) is 32.4 Å². The molecule has 1 amide bonds. The summed E-state index contributed by atoms with van der Waals surface area (Å²) < 4.78 is 17.1. The normalized spacial score (nSPS) is 14.4. The molecule has 5 rings (SSSR count). The number of aromatic nitrogens is 3. The number of nitrogens with zero attached hydrogens (tertiary/aromatic N) is 6. The number of amides is 1. The molecule has 0 fully saturated rings. The van der Waals surface area contributed by atoms with Crippen molar-refractivity contribution in [2.24, 2.45) is 0 Å². The van der Waals surface area contributed by atoms with Crippen LogP contribution in [0.3, 0.4) is 0 Å². The number of benzene rings is 2. The van der Waals surface area contributed by atoms with Gasteiger partial charge in [-0.25, -0.2) is 14.4 Å². The molecule has 1 atom stereocenters. The number of aromatic hydroxyl groups is 1. The molecule has 0 radical (unpaired) electrons. The summed E-state index contributed by atoms with van der Waals surface area (Å²) in [7, 11) is 0. The quantitative estimate of drug-likeness (QED) is 0.355. The predicted molar refractivity (Wildman–Crippen MR) is 138 cm³/mol. The van der Waals surface area contributed by atoms with Gasteiger partial charge >= 0.3 is 0 Å². The van der Waals surface area contributed by atoms with Crippen LogP contribution in [-0.2, 0) is 6.42 Å². The first kappa shape index (κ1) is 24.9. The molecule has 2 aromatic carbocycles. The van der Waals surface area contributed by atoms with Crippen LogP contribution in [0.1, 0.15) is 58.8 Å². The Labute approximate surface area is 222 Å². The van der Waals surface area contributed by atoms with Crippen LogP contribution >= 0.6 is 11.6 Å². The van der Waals surface area contributed by atoms with Gasteiger partial charge in [0.25, 0.3) is 5.91 Å². The lowest BCUT2D eigenvalue weighted by molar-refractivity contribution is 0.0988. The first-order valence-corrected chi connectivity index (χ1v) is 12.1. The summed E-state index contributed by atoms with van der Waals surface area (Å²) in [5, 5.41) is 28.9. The van der Waals surface area contributed by atoms with Crippen molar-refractivity contribution in [1.29, 1.82) is 10.5 Å². The summed E-state index contributed by atoms with van der Waals surface area (Å²) in [6.45, 7) is 3.80. The molecule has 1 aliphatic rings. The van der Waals surface area contributed by atoms with E-state index in [4.69, 9.17) is 16.9 Å². The van der Waals surface area contributed by atoms with Gasteiger partial charge in [-0.05, 0) is 55.3 Å². The second kappa shape index (κ2) is 9.62. The molecule has 1 aliphatic heterocycles. The van der Waals surface area contributed by atoms with Gasteiger partial charge in [0.2, 0.25) is 5.88 Å². The molecule has 8 nitrogen and oxygen atoms in total. The fraction of sp³-hybridized carbons (Fsp3) is 0.179. The molecule has 0 aliphatic carbocycles. The zero-order valence-electron chi connectivity index (χ0n) is 20.4. The molecule has 3 heterocycles. The minimum Gasteiger partial charge on any atom is -0.493 e. The van der Waals surface area contributed by atoms with E-state index in [1.807, 2.05) is 18.4 Å². The third-order valence-corrected chi connectivity index (χ3v) is 6.69. The molecule has 0 saturated heterocycles. The van der Waals surface area contributed by atoms with Gasteiger partial charge in [-0.15, -0.1) is 0 Å². The number of halogens is 2. The number of nitriles is 2. The van der Waals surface area contributed by atoms with Crippen LogP contribution in [0.15, 0.2) is 54.7 Å². The molecule has 1 unspecified atom stereocenters. The van der Waals surface area contributed by atoms with Crippen LogP contribution < -0.4 is 4.90 Å². The molecule has 1 N–H and O–H groups in total. The second-order valence-electron chi connectivity index (χ2n) is 9.07. The van der Waals surface area contributed by atoms with E-state index in [0.29, 0.717) is 28.2 Å². The number of carbonyl (C=O) groups is 1. The third kappa shape index (κ3) is 3.94. The van der Waals surface area contributed by atoms with Gasteiger partial charge < -0.3 is 9.67 Å². The minimum absolute atomic E-state index is 0.00718. The highest BCUT2D eigenvalue weighted by atomic mass is 35.5. The Bertz CT molecular complexity index is 1670. The van der Waals surface area contributed by atoms with Crippen molar-refractivity contribution < 1.29 is 14.3 Å². The Kier molecular flexibility index (Phi) is 6.31. The number of imidazole rings is 1. The van der Waals surface area contributed by atoms with Crippen LogP contribution in [0, 0.1) is 28.5 Å². The van der Waals surface area contributed by atoms with Crippen molar-refractivity contribution in [3.63, 3.8) is 0 Å². The second-order valence-corrected chi connectivity index (χ2v) is 9.47. The lowest BCUT2D eigenvalue weighted by Gasteiger charge is -2.29. The lowest BCUT2D eigenvalue weighted by atomic mass is 10.0. The van der Waals surface area contributed by atoms with Crippen molar-refractivity contribution in [3.8, 4) is 29.4 Å². The first-order valence-electron chi connectivity index (χ1n) is 11.7. The van der Waals surface area contributed by atoms with E-state index in [2.05, 4.69) is 22.1 Å². The zero-order chi connectivity index (χ0) is 27.1. The summed E-state index contributed by atoms with van der Waals surface area (Å²) in [6.07, 6.45) is 1.49. The molecule has 188 valence electrons. The van der Waals surface area contributed by atoms with Crippen LogP contribution in [-0.4, -0.2) is 25.5 Å². The summed E-state index contributed by atoms with van der Waals surface area (Å²) >= 11 is 6.08. The third-order valence-electron chi connectivity index (χ3n) is 6.40. The number of pyridine rings is 1. The fourth-order valence-electron chi connectivity index (χ4n) is 4.76. The SMILES string of the molecule is CC(C)n1c(-c2cc(CC#N)cnc2O)nc2c1C(c1ccc(C#N)cc1)N(c1cccc(Cl)c1F)C2=O. The summed E-state index contributed by atoms with van der Waals surface area (Å²) in [5.74, 6) is -1.28. The van der Waals surface area contributed by atoms with Crippen LogP contribution in [0.25, 0.3) is 11.4 Å². The number of hydrogen-bond acceptors (Lipinski definition) is 6. The van der Waals surface area contributed by atoms with Crippen LogP contribution in [0.5, 0.6) is 5.88 Å². The van der Waals surface area contributed by atoms with Gasteiger partial charge in [0.15, 0.2) is 11.5 Å². The van der Waals surface area contributed by atoms with Crippen LogP contribution in [0.4, 0.5) is 10.1 Å². The van der Waals surface area contributed by atoms with E-state index in [9.17, 15) is 15.2 Å². The highest BCUT2D eigenvalue weighted by Gasteiger charge is 2.45. The van der Waals surface area contributed by atoms with Gasteiger partial charge in [0, 0.05) is 12.2 Å². The van der Waals surface area contributed by atoms with E-state index in [0.717, 1.165) is 0 Å². The summed E-state index contributed by atoms with van der Waals surface area (Å²) in [5.41, 5.74) is 2.49. The van der Waals surface area contributed by atoms with E-state index in [1.54, 1.807) is 36.4 Å². The largest absolute Gasteiger partial charge is 0.493 e. The van der Waals surface area contributed by atoms with Gasteiger partial charge in [-0.1, -0.05) is 29.8 Å². The minimum atomic E-state index is -0.806. The van der Waals surface area contributed by atoms with E-state index >= 15 is 4.39 Å². The molecule has 0 spiro atoms. The van der Waals surface area contributed by atoms with Crippen LogP contribution in [0.2, 0.25) is 5.02 Å². The average Bonchev–Trinajstić information content (AvgIpc) is 3.42. The topological polar surface area (TPSA) is 119 Å². The van der Waals surface area contributed by atoms with Gasteiger partial charge in [0.05, 0.1) is 46.1 Å². The zero-order valence-corrected chi connectivity index (χ0v) is 21.1. The molecule has 0 saturated carbocycles. The molecule has 2 aromatic heterocycles. The lowest BCUT2D eigenvalue weighted by Crippen LogP contribution is -2.31. The average molecular weight is 527 g/mol. The monoisotopic (exact) mass is 526 g/mol. The molecular weight excluding hydrogens is 507 g/mol. The predicted octanol–water partition coefficient (Wildman–Crippen LogP) is 5.71. The Morgan fingerprint density at radius 2 is 1.92 bits per heavy atom. The maximum absolute atomic E-state index is 15.3. The van der Waals surface area contributed by atoms with E-state index in [-0.39, 0.29) is 40.3 Å². The Balaban J connectivity index is 1.79.